The van der Waals surface area contributed by atoms with Crippen molar-refractivity contribution in [2.24, 2.45) is 5.10 Å². The summed E-state index contributed by atoms with van der Waals surface area (Å²) in [6.07, 6.45) is 1.59. The van der Waals surface area contributed by atoms with Crippen molar-refractivity contribution >= 4 is 22.9 Å². The largest absolute Gasteiger partial charge is 0.496 e. The first-order valence-electron chi connectivity index (χ1n) is 10.3. The number of fused-ring (bicyclic) bond motifs is 1. The molecular weight excluding hydrogens is 400 g/mol. The Morgan fingerprint density at radius 3 is 2.66 bits per heavy atom. The van der Waals surface area contributed by atoms with Crippen molar-refractivity contribution in [3.8, 4) is 11.5 Å². The molecule has 0 unspecified atom stereocenters. The fraction of sp³-hybridized carbons (Fsp3) is 0.111. The van der Waals surface area contributed by atoms with Gasteiger partial charge in [-0.15, -0.1) is 0 Å². The maximum Gasteiger partial charge on any atom is 0.275 e. The van der Waals surface area contributed by atoms with Crippen LogP contribution in [-0.2, 0) is 6.61 Å². The highest BCUT2D eigenvalue weighted by Crippen LogP contribution is 2.22. The van der Waals surface area contributed by atoms with E-state index >= 15 is 0 Å². The Bertz CT molecular complexity index is 1280. The number of carbonyl (C=O) groups excluding carboxylic acids is 1. The third kappa shape index (κ3) is 4.95. The molecule has 0 saturated carbocycles. The molecule has 0 fully saturated rings. The minimum absolute atomic E-state index is 0.332. The lowest BCUT2D eigenvalue weighted by Crippen LogP contribution is -2.18. The van der Waals surface area contributed by atoms with Crippen LogP contribution in [0.3, 0.4) is 0 Å². The van der Waals surface area contributed by atoms with Gasteiger partial charge in [-0.3, -0.25) is 4.79 Å². The van der Waals surface area contributed by atoms with E-state index in [2.05, 4.69) is 34.8 Å². The first kappa shape index (κ1) is 21.1. The summed E-state index contributed by atoms with van der Waals surface area (Å²) in [6, 6.07) is 27.4. The number of aryl methyl sites for hydroxylation is 1. The number of hydrogen-bond donors (Lipinski definition) is 1. The number of carbonyl (C=O) groups is 1. The van der Waals surface area contributed by atoms with E-state index in [1.807, 2.05) is 61.5 Å². The van der Waals surface area contributed by atoms with Crippen LogP contribution in [-0.4, -0.2) is 19.2 Å². The highest BCUT2D eigenvalue weighted by molar-refractivity contribution is 5.97. The first-order chi connectivity index (χ1) is 15.6. The molecular formula is C27H24N2O3. The number of methoxy groups -OCH3 is 1. The topological polar surface area (TPSA) is 59.9 Å². The Balaban J connectivity index is 1.41. The zero-order chi connectivity index (χ0) is 22.3. The van der Waals surface area contributed by atoms with Crippen LogP contribution in [0.5, 0.6) is 11.5 Å². The van der Waals surface area contributed by atoms with Crippen molar-refractivity contribution in [2.45, 2.75) is 13.5 Å². The summed E-state index contributed by atoms with van der Waals surface area (Å²) in [5, 5.41) is 6.45. The number of hydrazone groups is 1. The van der Waals surface area contributed by atoms with Gasteiger partial charge in [-0.1, -0.05) is 60.7 Å². The van der Waals surface area contributed by atoms with Gasteiger partial charge in [0.25, 0.3) is 5.91 Å². The molecule has 0 radical (unpaired) electrons. The predicted octanol–water partition coefficient (Wildman–Crippen LogP) is 5.50. The van der Waals surface area contributed by atoms with Gasteiger partial charge < -0.3 is 9.47 Å². The second-order valence-electron chi connectivity index (χ2n) is 7.40. The minimum Gasteiger partial charge on any atom is -0.496 e. The number of rotatable bonds is 7. The highest BCUT2D eigenvalue weighted by atomic mass is 16.5. The van der Waals surface area contributed by atoms with Crippen molar-refractivity contribution in [3.05, 3.63) is 107 Å². The fourth-order valence-corrected chi connectivity index (χ4v) is 3.48. The summed E-state index contributed by atoms with van der Waals surface area (Å²) in [5.74, 6) is 0.913. The van der Waals surface area contributed by atoms with E-state index in [9.17, 15) is 4.79 Å². The third-order valence-corrected chi connectivity index (χ3v) is 5.11. The van der Waals surface area contributed by atoms with Crippen LogP contribution >= 0.6 is 0 Å². The van der Waals surface area contributed by atoms with Crippen LogP contribution in [0.15, 0.2) is 90.0 Å². The smallest absolute Gasteiger partial charge is 0.275 e. The Morgan fingerprint density at radius 2 is 1.78 bits per heavy atom. The van der Waals surface area contributed by atoms with E-state index in [0.717, 1.165) is 22.4 Å². The predicted molar refractivity (Wildman–Crippen MR) is 128 cm³/mol. The third-order valence-electron chi connectivity index (χ3n) is 5.11. The number of nitrogens with one attached hydrogen (secondary N) is 1. The Hall–Kier alpha value is -4.12. The van der Waals surface area contributed by atoms with Gasteiger partial charge in [0.2, 0.25) is 0 Å². The monoisotopic (exact) mass is 424 g/mol. The van der Waals surface area contributed by atoms with E-state index in [0.29, 0.717) is 17.9 Å². The van der Waals surface area contributed by atoms with Gasteiger partial charge >= 0.3 is 0 Å². The molecule has 0 aliphatic rings. The molecule has 4 aromatic carbocycles. The average Bonchev–Trinajstić information content (AvgIpc) is 2.82. The van der Waals surface area contributed by atoms with Gasteiger partial charge in [0, 0.05) is 0 Å². The molecule has 4 rings (SSSR count). The Morgan fingerprint density at radius 1 is 0.969 bits per heavy atom. The quantitative estimate of drug-likeness (QED) is 0.315. The molecule has 4 aromatic rings. The van der Waals surface area contributed by atoms with E-state index in [1.165, 1.54) is 10.8 Å². The second-order valence-corrected chi connectivity index (χ2v) is 7.40. The van der Waals surface area contributed by atoms with Crippen LogP contribution < -0.4 is 14.9 Å². The van der Waals surface area contributed by atoms with E-state index in [-0.39, 0.29) is 5.91 Å². The van der Waals surface area contributed by atoms with Gasteiger partial charge in [-0.2, -0.15) is 5.10 Å². The number of amides is 1. The summed E-state index contributed by atoms with van der Waals surface area (Å²) >= 11 is 0. The molecule has 0 bridgehead atoms. The zero-order valence-corrected chi connectivity index (χ0v) is 18.0. The van der Waals surface area contributed by atoms with Crippen LogP contribution in [0.1, 0.15) is 27.0 Å². The lowest BCUT2D eigenvalue weighted by Gasteiger charge is -2.10. The maximum absolute atomic E-state index is 12.4. The van der Waals surface area contributed by atoms with Gasteiger partial charge in [0.1, 0.15) is 18.1 Å². The maximum atomic E-state index is 12.4. The van der Waals surface area contributed by atoms with Crippen LogP contribution in [0.4, 0.5) is 0 Å². The number of ether oxygens (including phenoxy) is 2. The summed E-state index contributed by atoms with van der Waals surface area (Å²) in [6.45, 7) is 2.41. The Labute approximate surface area is 187 Å². The van der Waals surface area contributed by atoms with Crippen molar-refractivity contribution in [2.75, 3.05) is 7.11 Å². The van der Waals surface area contributed by atoms with E-state index in [4.69, 9.17) is 9.47 Å². The molecule has 0 heterocycles. The zero-order valence-electron chi connectivity index (χ0n) is 18.0. The average molecular weight is 425 g/mol. The Kier molecular flexibility index (Phi) is 6.46. The fourth-order valence-electron chi connectivity index (χ4n) is 3.48. The molecule has 1 amide bonds. The van der Waals surface area contributed by atoms with Crippen LogP contribution in [0.2, 0.25) is 0 Å². The summed E-state index contributed by atoms with van der Waals surface area (Å²) in [7, 11) is 1.54. The molecule has 0 saturated heterocycles. The molecule has 0 aliphatic carbocycles. The first-order valence-corrected chi connectivity index (χ1v) is 10.3. The number of hydrogen-bond acceptors (Lipinski definition) is 4. The molecule has 32 heavy (non-hydrogen) atoms. The van der Waals surface area contributed by atoms with Crippen LogP contribution in [0, 0.1) is 6.92 Å². The van der Waals surface area contributed by atoms with Crippen molar-refractivity contribution in [3.63, 3.8) is 0 Å². The molecule has 0 atom stereocenters. The van der Waals surface area contributed by atoms with E-state index in [1.54, 1.807) is 19.4 Å². The second kappa shape index (κ2) is 9.79. The minimum atomic E-state index is -0.332. The van der Waals surface area contributed by atoms with Crippen LogP contribution in [0.25, 0.3) is 10.8 Å². The van der Waals surface area contributed by atoms with Crippen molar-refractivity contribution in [1.82, 2.24) is 5.43 Å². The number of nitrogens with zero attached hydrogens (tertiary/aromatic N) is 1. The SMILES string of the molecule is COc1cc(C)ccc1C(=O)N/N=C\c1cccc(OCc2cccc3ccccc23)c1. The number of benzene rings is 4. The molecule has 160 valence electrons. The summed E-state index contributed by atoms with van der Waals surface area (Å²) < 4.78 is 11.3. The standard InChI is InChI=1S/C27H24N2O3/c1-19-13-14-25(26(15-19)31-2)27(30)29-28-17-20-7-5-11-23(16-20)32-18-22-10-6-9-21-8-3-4-12-24(21)22/h3-17H,18H2,1-2H3,(H,29,30)/b28-17-. The molecule has 1 N–H and O–H groups in total. The molecule has 0 spiro atoms. The van der Waals surface area contributed by atoms with Gasteiger partial charge in [-0.25, -0.2) is 5.43 Å². The molecule has 5 heteroatoms. The van der Waals surface area contributed by atoms with Crippen molar-refractivity contribution < 1.29 is 14.3 Å². The van der Waals surface area contributed by atoms with Gasteiger partial charge in [0.15, 0.2) is 0 Å². The van der Waals surface area contributed by atoms with E-state index < -0.39 is 0 Å². The highest BCUT2D eigenvalue weighted by Gasteiger charge is 2.11. The summed E-state index contributed by atoms with van der Waals surface area (Å²) in [5.41, 5.74) is 5.94. The van der Waals surface area contributed by atoms with Gasteiger partial charge in [0.05, 0.1) is 18.9 Å². The van der Waals surface area contributed by atoms with Crippen molar-refractivity contribution in [1.29, 1.82) is 0 Å². The molecule has 0 aromatic heterocycles. The van der Waals surface area contributed by atoms with Gasteiger partial charge in [-0.05, 0) is 58.7 Å². The lowest BCUT2D eigenvalue weighted by atomic mass is 10.1. The molecule has 5 nitrogen and oxygen atoms in total. The summed E-state index contributed by atoms with van der Waals surface area (Å²) in [4.78, 5) is 12.4. The molecule has 0 aliphatic heterocycles. The normalized spacial score (nSPS) is 10.9. The lowest BCUT2D eigenvalue weighted by molar-refractivity contribution is 0.0952.